The van der Waals surface area contributed by atoms with E-state index in [-0.39, 0.29) is 0 Å². The van der Waals surface area contributed by atoms with Crippen molar-refractivity contribution in [2.75, 3.05) is 53.4 Å². The number of hydrogen-bond acceptors (Lipinski definition) is 3. The summed E-state index contributed by atoms with van der Waals surface area (Å²) >= 11 is -1.14. The van der Waals surface area contributed by atoms with E-state index < -0.39 is 16.5 Å². The van der Waals surface area contributed by atoms with E-state index in [2.05, 4.69) is 41.3 Å². The van der Waals surface area contributed by atoms with E-state index in [1.54, 1.807) is 9.95 Å². The van der Waals surface area contributed by atoms with Gasteiger partial charge < -0.3 is 0 Å². The van der Waals surface area contributed by atoms with Gasteiger partial charge in [0.05, 0.1) is 0 Å². The Balaban J connectivity index is 2.38. The molecule has 0 saturated carbocycles. The molecule has 1 rings (SSSR count). The molecule has 0 radical (unpaired) electrons. The summed E-state index contributed by atoms with van der Waals surface area (Å²) in [5.41, 5.74) is 0. The van der Waals surface area contributed by atoms with Gasteiger partial charge in [0.25, 0.3) is 0 Å². The van der Waals surface area contributed by atoms with Crippen LogP contribution in [0.1, 0.15) is 20.3 Å². The molecule has 100 valence electrons. The summed E-state index contributed by atoms with van der Waals surface area (Å²) in [6.07, 6.45) is 1.42. The van der Waals surface area contributed by atoms with Gasteiger partial charge in [0.1, 0.15) is 0 Å². The van der Waals surface area contributed by atoms with Gasteiger partial charge in [-0.25, -0.2) is 0 Å². The Morgan fingerprint density at radius 1 is 1.06 bits per heavy atom. The van der Waals surface area contributed by atoms with Crippen LogP contribution in [0.5, 0.6) is 0 Å². The van der Waals surface area contributed by atoms with Crippen LogP contribution in [0.2, 0.25) is 9.95 Å². The summed E-state index contributed by atoms with van der Waals surface area (Å²) in [6, 6.07) is 0. The van der Waals surface area contributed by atoms with E-state index in [0.717, 1.165) is 0 Å². The molecule has 0 spiro atoms. The van der Waals surface area contributed by atoms with Crippen molar-refractivity contribution in [1.29, 1.82) is 0 Å². The zero-order chi connectivity index (χ0) is 12.7. The van der Waals surface area contributed by atoms with Crippen LogP contribution in [0.25, 0.3) is 0 Å². The fraction of sp³-hybridized carbons (Fsp3) is 1.00. The average molecular weight is 298 g/mol. The summed E-state index contributed by atoms with van der Waals surface area (Å²) in [7, 11) is 4.38. The molecule has 0 atom stereocenters. The third-order valence-corrected chi connectivity index (χ3v) is 11.7. The molecule has 0 bridgehead atoms. The number of likely N-dealkylation sites (N-methyl/N-ethyl adjacent to an activating group) is 2. The Morgan fingerprint density at radius 2 is 1.82 bits per heavy atom. The van der Waals surface area contributed by atoms with E-state index >= 15 is 0 Å². The van der Waals surface area contributed by atoms with Gasteiger partial charge in [-0.1, -0.05) is 0 Å². The first-order chi connectivity index (χ1) is 8.17. The van der Waals surface area contributed by atoms with E-state index in [1.807, 2.05) is 0 Å². The summed E-state index contributed by atoms with van der Waals surface area (Å²) in [4.78, 5) is 8.06. The van der Waals surface area contributed by atoms with Crippen molar-refractivity contribution in [3.63, 3.8) is 0 Å². The second kappa shape index (κ2) is 8.59. The SMILES string of the molecule is CCN1CC[N](CC)[Ga]([CH2]CCN(C)C)[CH2]C1. The van der Waals surface area contributed by atoms with Gasteiger partial charge in [0.2, 0.25) is 0 Å². The third kappa shape index (κ3) is 5.79. The van der Waals surface area contributed by atoms with E-state index in [9.17, 15) is 0 Å². The van der Waals surface area contributed by atoms with Crippen LogP contribution >= 0.6 is 0 Å². The molecular formula is C13H30GaN3. The predicted molar refractivity (Wildman–Crippen MR) is 77.9 cm³/mol. The number of nitrogens with zero attached hydrogens (tertiary/aromatic N) is 3. The van der Waals surface area contributed by atoms with Gasteiger partial charge in [-0.2, -0.15) is 0 Å². The molecule has 3 nitrogen and oxygen atoms in total. The zero-order valence-electron chi connectivity index (χ0n) is 12.3. The van der Waals surface area contributed by atoms with Gasteiger partial charge in [-0.15, -0.1) is 0 Å². The maximum absolute atomic E-state index is 2.87. The standard InChI is InChI=1S/C8H18N2.C5H12N.Ga/c1-4-9-7-8-10(5-2)6-3;1-4-5-6(2)3;/h2,4-8H2,1,3H3;1,4-5H2,2-3H3;/q-1;;+1. The van der Waals surface area contributed by atoms with Gasteiger partial charge in [-0.3, -0.25) is 0 Å². The minimum absolute atomic E-state index is 1.14. The fourth-order valence-electron chi connectivity index (χ4n) is 2.78. The molecule has 0 aromatic carbocycles. The molecule has 4 heteroatoms. The molecule has 1 fully saturated rings. The molecule has 0 amide bonds. The third-order valence-electron chi connectivity index (χ3n) is 3.99. The Kier molecular flexibility index (Phi) is 7.87. The number of rotatable bonds is 6. The van der Waals surface area contributed by atoms with Gasteiger partial charge in [-0.05, 0) is 0 Å². The van der Waals surface area contributed by atoms with Crippen LogP contribution in [-0.4, -0.2) is 83.2 Å². The summed E-state index contributed by atoms with van der Waals surface area (Å²) < 4.78 is 2.87. The molecule has 0 unspecified atom stereocenters. The van der Waals surface area contributed by atoms with Crippen molar-refractivity contribution in [3.05, 3.63) is 0 Å². The van der Waals surface area contributed by atoms with Crippen LogP contribution in [0.3, 0.4) is 0 Å². The quantitative estimate of drug-likeness (QED) is 0.690. The van der Waals surface area contributed by atoms with Gasteiger partial charge in [0, 0.05) is 0 Å². The van der Waals surface area contributed by atoms with E-state index in [0.29, 0.717) is 0 Å². The van der Waals surface area contributed by atoms with Crippen molar-refractivity contribution >= 4 is 16.5 Å². The number of hydrogen-bond donors (Lipinski definition) is 0. The molecule has 0 aromatic rings. The maximum atomic E-state index is 2.87. The first-order valence-electron chi connectivity index (χ1n) is 7.28. The van der Waals surface area contributed by atoms with Crippen molar-refractivity contribution in [2.24, 2.45) is 0 Å². The van der Waals surface area contributed by atoms with Crippen molar-refractivity contribution in [2.45, 2.75) is 30.2 Å². The summed E-state index contributed by atoms with van der Waals surface area (Å²) in [5, 5.41) is 0. The molecule has 0 aliphatic carbocycles. The van der Waals surface area contributed by atoms with Crippen LogP contribution in [0, 0.1) is 0 Å². The first kappa shape index (κ1) is 15.6. The van der Waals surface area contributed by atoms with Crippen molar-refractivity contribution in [3.8, 4) is 0 Å². The van der Waals surface area contributed by atoms with Gasteiger partial charge in [0.15, 0.2) is 0 Å². The van der Waals surface area contributed by atoms with Gasteiger partial charge >= 0.3 is 113 Å². The Morgan fingerprint density at radius 3 is 2.41 bits per heavy atom. The average Bonchev–Trinajstić information content (AvgIpc) is 2.50. The minimum atomic E-state index is -1.14. The fourth-order valence-corrected chi connectivity index (χ4v) is 9.77. The van der Waals surface area contributed by atoms with Crippen LogP contribution in [0.15, 0.2) is 0 Å². The monoisotopic (exact) mass is 297 g/mol. The topological polar surface area (TPSA) is 9.72 Å². The zero-order valence-corrected chi connectivity index (χ0v) is 14.7. The second-order valence-electron chi connectivity index (χ2n) is 5.45. The first-order valence-corrected chi connectivity index (χ1v) is 11.8. The molecule has 17 heavy (non-hydrogen) atoms. The Bertz CT molecular complexity index is 199. The summed E-state index contributed by atoms with van der Waals surface area (Å²) in [6.45, 7) is 12.5. The second-order valence-corrected chi connectivity index (χ2v) is 12.1. The Labute approximate surface area is 113 Å². The molecule has 1 aliphatic rings. The molecule has 0 N–H and O–H groups in total. The Hall–Kier alpha value is 0.516. The van der Waals surface area contributed by atoms with E-state index in [4.69, 9.17) is 0 Å². The molecular weight excluding hydrogens is 268 g/mol. The van der Waals surface area contributed by atoms with Crippen LogP contribution in [0.4, 0.5) is 0 Å². The molecule has 1 aliphatic heterocycles. The molecule has 0 aromatic heterocycles. The van der Waals surface area contributed by atoms with Crippen LogP contribution in [-0.2, 0) is 0 Å². The summed E-state index contributed by atoms with van der Waals surface area (Å²) in [5.74, 6) is 0. The molecule has 1 heterocycles. The van der Waals surface area contributed by atoms with E-state index in [1.165, 1.54) is 45.7 Å². The normalized spacial score (nSPS) is 19.9. The van der Waals surface area contributed by atoms with Crippen molar-refractivity contribution < 1.29 is 0 Å². The predicted octanol–water partition coefficient (Wildman–Crippen LogP) is 1.59. The molecule has 1 saturated heterocycles. The van der Waals surface area contributed by atoms with Crippen LogP contribution < -0.4 is 0 Å². The van der Waals surface area contributed by atoms with Crippen molar-refractivity contribution in [1.82, 2.24) is 13.4 Å².